The van der Waals surface area contributed by atoms with E-state index in [1.807, 2.05) is 11.7 Å². The van der Waals surface area contributed by atoms with Gasteiger partial charge in [0.1, 0.15) is 0 Å². The Balaban J connectivity index is 1.64. The highest BCUT2D eigenvalue weighted by Crippen LogP contribution is 2.26. The summed E-state index contributed by atoms with van der Waals surface area (Å²) in [4.78, 5) is 5.35. The highest BCUT2D eigenvalue weighted by Gasteiger charge is 2.12. The average molecular weight is 245 g/mol. The molecule has 0 bridgehead atoms. The van der Waals surface area contributed by atoms with Gasteiger partial charge >= 0.3 is 0 Å². The molecule has 1 aliphatic heterocycles. The van der Waals surface area contributed by atoms with Gasteiger partial charge in [-0.25, -0.2) is 0 Å². The van der Waals surface area contributed by atoms with Crippen molar-refractivity contribution in [3.63, 3.8) is 0 Å². The van der Waals surface area contributed by atoms with Crippen molar-refractivity contribution < 1.29 is 0 Å². The second kappa shape index (κ2) is 4.85. The molecule has 0 amide bonds. The van der Waals surface area contributed by atoms with Gasteiger partial charge in [-0.05, 0) is 17.5 Å². The normalized spacial score (nSPS) is 13.4. The highest BCUT2D eigenvalue weighted by molar-refractivity contribution is 7.09. The minimum absolute atomic E-state index is 0.897. The predicted molar refractivity (Wildman–Crippen MR) is 71.3 cm³/mol. The van der Waals surface area contributed by atoms with Crippen LogP contribution in [0.1, 0.15) is 16.0 Å². The van der Waals surface area contributed by atoms with Crippen LogP contribution >= 0.6 is 11.3 Å². The third-order valence-electron chi connectivity index (χ3n) is 3.03. The van der Waals surface area contributed by atoms with Gasteiger partial charge in [0.2, 0.25) is 0 Å². The summed E-state index contributed by atoms with van der Waals surface area (Å²) in [5.74, 6) is 0. The van der Waals surface area contributed by atoms with E-state index in [0.717, 1.165) is 26.1 Å². The molecule has 0 saturated heterocycles. The van der Waals surface area contributed by atoms with Crippen LogP contribution in [0.4, 0.5) is 5.69 Å². The molecule has 2 heterocycles. The van der Waals surface area contributed by atoms with E-state index >= 15 is 0 Å². The van der Waals surface area contributed by atoms with E-state index < -0.39 is 0 Å². The van der Waals surface area contributed by atoms with Gasteiger partial charge in [0.15, 0.2) is 0 Å². The summed E-state index contributed by atoms with van der Waals surface area (Å²) in [6.45, 7) is 2.88. The summed E-state index contributed by atoms with van der Waals surface area (Å²) < 4.78 is 0. The zero-order valence-corrected chi connectivity index (χ0v) is 10.4. The van der Waals surface area contributed by atoms with Crippen molar-refractivity contribution in [2.75, 3.05) is 11.9 Å². The monoisotopic (exact) mass is 245 g/mol. The van der Waals surface area contributed by atoms with Crippen LogP contribution in [-0.2, 0) is 19.5 Å². The molecule has 0 atom stereocenters. The number of para-hydroxylation sites is 1. The first-order chi connectivity index (χ1) is 8.43. The van der Waals surface area contributed by atoms with Gasteiger partial charge in [0.05, 0.1) is 5.51 Å². The number of benzene rings is 1. The number of nitrogens with zero attached hydrogens (tertiary/aromatic N) is 1. The van der Waals surface area contributed by atoms with E-state index in [0.29, 0.717) is 0 Å². The first kappa shape index (κ1) is 10.7. The molecule has 2 N–H and O–H groups in total. The summed E-state index contributed by atoms with van der Waals surface area (Å²) in [5.41, 5.74) is 6.02. The third kappa shape index (κ3) is 2.33. The lowest BCUT2D eigenvalue weighted by molar-refractivity contribution is 0.701. The van der Waals surface area contributed by atoms with Gasteiger partial charge in [-0.2, -0.15) is 0 Å². The fourth-order valence-electron chi connectivity index (χ4n) is 2.21. The quantitative estimate of drug-likeness (QED) is 0.868. The summed E-state index contributed by atoms with van der Waals surface area (Å²) in [5, 5.41) is 6.93. The van der Waals surface area contributed by atoms with Gasteiger partial charge in [0.25, 0.3) is 0 Å². The van der Waals surface area contributed by atoms with Crippen molar-refractivity contribution in [2.24, 2.45) is 0 Å². The Hall–Kier alpha value is -1.39. The van der Waals surface area contributed by atoms with Crippen LogP contribution in [0, 0.1) is 0 Å². The molecular weight excluding hydrogens is 230 g/mol. The molecule has 0 spiro atoms. The number of hydrogen-bond donors (Lipinski definition) is 2. The highest BCUT2D eigenvalue weighted by atomic mass is 32.1. The van der Waals surface area contributed by atoms with E-state index in [2.05, 4.69) is 33.8 Å². The van der Waals surface area contributed by atoms with Crippen molar-refractivity contribution in [3.8, 4) is 0 Å². The predicted octanol–water partition coefficient (Wildman–Crippen LogP) is 2.40. The van der Waals surface area contributed by atoms with Crippen LogP contribution in [0.2, 0.25) is 0 Å². The molecule has 17 heavy (non-hydrogen) atoms. The second-order valence-corrected chi connectivity index (χ2v) is 5.17. The number of rotatable bonds is 4. The molecule has 0 radical (unpaired) electrons. The van der Waals surface area contributed by atoms with E-state index in [4.69, 9.17) is 0 Å². The lowest BCUT2D eigenvalue weighted by Crippen LogP contribution is -2.13. The molecule has 0 unspecified atom stereocenters. The molecule has 88 valence electrons. The number of aromatic nitrogens is 1. The van der Waals surface area contributed by atoms with Crippen molar-refractivity contribution >= 4 is 17.0 Å². The second-order valence-electron chi connectivity index (χ2n) is 4.20. The minimum Gasteiger partial charge on any atom is -0.384 e. The molecule has 0 fully saturated rings. The van der Waals surface area contributed by atoms with Crippen LogP contribution in [-0.4, -0.2) is 11.5 Å². The van der Waals surface area contributed by atoms with E-state index in [-0.39, 0.29) is 0 Å². The van der Waals surface area contributed by atoms with E-state index in [1.54, 1.807) is 11.3 Å². The zero-order chi connectivity index (χ0) is 11.5. The van der Waals surface area contributed by atoms with Crippen LogP contribution in [0.3, 0.4) is 0 Å². The van der Waals surface area contributed by atoms with Crippen LogP contribution in [0.15, 0.2) is 29.9 Å². The molecule has 1 aromatic heterocycles. The molecule has 4 heteroatoms. The Bertz CT molecular complexity index is 493. The Morgan fingerprint density at radius 1 is 1.35 bits per heavy atom. The number of hydrogen-bond acceptors (Lipinski definition) is 4. The molecule has 0 saturated carbocycles. The number of anilines is 1. The van der Waals surface area contributed by atoms with Gasteiger partial charge < -0.3 is 10.6 Å². The lowest BCUT2D eigenvalue weighted by atomic mass is 10.1. The van der Waals surface area contributed by atoms with Gasteiger partial charge in [0, 0.05) is 36.4 Å². The lowest BCUT2D eigenvalue weighted by Gasteiger charge is -2.09. The summed E-state index contributed by atoms with van der Waals surface area (Å²) in [7, 11) is 0. The number of nitrogens with one attached hydrogen (secondary N) is 2. The SMILES string of the molecule is c1cc2c(c(CNCc3cncs3)c1)NCC2. The Labute approximate surface area is 105 Å². The number of fused-ring (bicyclic) bond motifs is 1. The van der Waals surface area contributed by atoms with Crippen LogP contribution < -0.4 is 10.6 Å². The maximum atomic E-state index is 4.07. The van der Waals surface area contributed by atoms with Gasteiger partial charge in [-0.3, -0.25) is 4.98 Å². The standard InChI is InChI=1S/C13H15N3S/c1-2-10-4-5-16-13(10)11(3-1)6-14-7-12-8-15-9-17-12/h1-3,8-9,14,16H,4-7H2. The fourth-order valence-corrected chi connectivity index (χ4v) is 2.77. The molecule has 2 aromatic rings. The molecule has 3 rings (SSSR count). The Kier molecular flexibility index (Phi) is 3.07. The average Bonchev–Trinajstić information content (AvgIpc) is 2.99. The maximum absolute atomic E-state index is 4.07. The largest absolute Gasteiger partial charge is 0.384 e. The first-order valence-electron chi connectivity index (χ1n) is 5.86. The maximum Gasteiger partial charge on any atom is 0.0794 e. The summed E-state index contributed by atoms with van der Waals surface area (Å²) >= 11 is 1.69. The van der Waals surface area contributed by atoms with Gasteiger partial charge in [-0.15, -0.1) is 11.3 Å². The Morgan fingerprint density at radius 3 is 3.24 bits per heavy atom. The minimum atomic E-state index is 0.897. The molecular formula is C13H15N3S. The third-order valence-corrected chi connectivity index (χ3v) is 3.81. The molecule has 0 aliphatic carbocycles. The summed E-state index contributed by atoms with van der Waals surface area (Å²) in [6.07, 6.45) is 3.07. The van der Waals surface area contributed by atoms with Crippen molar-refractivity contribution in [1.82, 2.24) is 10.3 Å². The fraction of sp³-hybridized carbons (Fsp3) is 0.308. The summed E-state index contributed by atoms with van der Waals surface area (Å²) in [6, 6.07) is 6.55. The van der Waals surface area contributed by atoms with Crippen LogP contribution in [0.5, 0.6) is 0 Å². The van der Waals surface area contributed by atoms with Crippen molar-refractivity contribution in [3.05, 3.63) is 45.9 Å². The van der Waals surface area contributed by atoms with Crippen molar-refractivity contribution in [1.29, 1.82) is 0 Å². The first-order valence-corrected chi connectivity index (χ1v) is 6.74. The molecule has 1 aliphatic rings. The van der Waals surface area contributed by atoms with E-state index in [1.165, 1.54) is 21.7 Å². The van der Waals surface area contributed by atoms with Gasteiger partial charge in [-0.1, -0.05) is 18.2 Å². The molecule has 3 nitrogen and oxygen atoms in total. The molecule has 1 aromatic carbocycles. The number of thiazole rings is 1. The van der Waals surface area contributed by atoms with Crippen LogP contribution in [0.25, 0.3) is 0 Å². The zero-order valence-electron chi connectivity index (χ0n) is 9.57. The van der Waals surface area contributed by atoms with E-state index in [9.17, 15) is 0 Å². The Morgan fingerprint density at radius 2 is 2.35 bits per heavy atom. The topological polar surface area (TPSA) is 37.0 Å². The smallest absolute Gasteiger partial charge is 0.0794 e. The van der Waals surface area contributed by atoms with Crippen molar-refractivity contribution in [2.45, 2.75) is 19.5 Å².